The SMILES string of the molecule is COc1ccc(-n2nc(C)c(C)c2C)cc1CN1CCC[C@H](N)[C@@H]1c1ccccc1.Cl.Cl.Cl. The maximum absolute atomic E-state index is 6.60. The van der Waals surface area contributed by atoms with Crippen molar-refractivity contribution in [2.75, 3.05) is 13.7 Å². The van der Waals surface area contributed by atoms with Gasteiger partial charge in [0.1, 0.15) is 5.75 Å². The first-order chi connectivity index (χ1) is 14.5. The van der Waals surface area contributed by atoms with Crippen LogP contribution in [0.4, 0.5) is 0 Å². The normalized spacial score (nSPS) is 18.0. The van der Waals surface area contributed by atoms with Crippen molar-refractivity contribution in [3.63, 3.8) is 0 Å². The van der Waals surface area contributed by atoms with Crippen molar-refractivity contribution < 1.29 is 4.74 Å². The molecule has 4 rings (SSSR count). The Kier molecular flexibility index (Phi) is 11.2. The van der Waals surface area contributed by atoms with Crippen LogP contribution in [0.25, 0.3) is 5.69 Å². The molecule has 0 amide bonds. The molecule has 2 N–H and O–H groups in total. The van der Waals surface area contributed by atoms with E-state index < -0.39 is 0 Å². The summed E-state index contributed by atoms with van der Waals surface area (Å²) >= 11 is 0. The van der Waals surface area contributed by atoms with Crippen molar-refractivity contribution in [1.82, 2.24) is 14.7 Å². The molecule has 0 radical (unpaired) electrons. The van der Waals surface area contributed by atoms with Crippen molar-refractivity contribution in [1.29, 1.82) is 0 Å². The van der Waals surface area contributed by atoms with Crippen molar-refractivity contribution >= 4 is 37.2 Å². The van der Waals surface area contributed by atoms with Crippen LogP contribution in [0.3, 0.4) is 0 Å². The third kappa shape index (κ3) is 6.03. The number of nitrogens with zero attached hydrogens (tertiary/aromatic N) is 3. The van der Waals surface area contributed by atoms with Gasteiger partial charge in [-0.25, -0.2) is 4.68 Å². The maximum Gasteiger partial charge on any atom is 0.123 e. The van der Waals surface area contributed by atoms with E-state index in [2.05, 4.69) is 74.2 Å². The molecule has 0 spiro atoms. The van der Waals surface area contributed by atoms with E-state index in [9.17, 15) is 0 Å². The van der Waals surface area contributed by atoms with Gasteiger partial charge in [-0.15, -0.1) is 37.2 Å². The lowest BCUT2D eigenvalue weighted by Gasteiger charge is -2.40. The molecule has 0 saturated carbocycles. The van der Waals surface area contributed by atoms with Crippen LogP contribution in [-0.2, 0) is 6.54 Å². The van der Waals surface area contributed by atoms with Crippen LogP contribution >= 0.6 is 37.2 Å². The van der Waals surface area contributed by atoms with Crippen molar-refractivity contribution in [3.8, 4) is 11.4 Å². The average Bonchev–Trinajstić information content (AvgIpc) is 3.02. The van der Waals surface area contributed by atoms with Crippen LogP contribution in [0.1, 0.15) is 47.0 Å². The molecule has 2 heterocycles. The topological polar surface area (TPSA) is 56.3 Å². The van der Waals surface area contributed by atoms with Crippen molar-refractivity contribution in [3.05, 3.63) is 76.6 Å². The molecule has 1 aliphatic heterocycles. The lowest BCUT2D eigenvalue weighted by atomic mass is 9.90. The van der Waals surface area contributed by atoms with E-state index in [-0.39, 0.29) is 49.3 Å². The smallest absolute Gasteiger partial charge is 0.123 e. The lowest BCUT2D eigenvalue weighted by molar-refractivity contribution is 0.119. The molecular weight excluding hydrogens is 479 g/mol. The molecule has 1 aliphatic rings. The Morgan fingerprint density at radius 3 is 2.33 bits per heavy atom. The number of aryl methyl sites for hydroxylation is 1. The van der Waals surface area contributed by atoms with Crippen LogP contribution in [0.2, 0.25) is 0 Å². The van der Waals surface area contributed by atoms with E-state index in [1.165, 1.54) is 16.8 Å². The number of ether oxygens (including phenoxy) is 1. The quantitative estimate of drug-likeness (QED) is 0.473. The largest absolute Gasteiger partial charge is 0.496 e. The second-order valence-corrected chi connectivity index (χ2v) is 8.34. The summed E-state index contributed by atoms with van der Waals surface area (Å²) < 4.78 is 7.75. The van der Waals surface area contributed by atoms with E-state index in [1.807, 2.05) is 4.68 Å². The minimum absolute atomic E-state index is 0. The van der Waals surface area contributed by atoms with Crippen LogP contribution in [0.15, 0.2) is 48.5 Å². The third-order valence-corrected chi connectivity index (χ3v) is 6.46. The van der Waals surface area contributed by atoms with Crippen molar-refractivity contribution in [2.45, 2.75) is 52.2 Å². The summed E-state index contributed by atoms with van der Waals surface area (Å²) in [6, 6.07) is 17.3. The summed E-state index contributed by atoms with van der Waals surface area (Å²) in [6.45, 7) is 8.12. The minimum atomic E-state index is 0. The molecule has 1 saturated heterocycles. The third-order valence-electron chi connectivity index (χ3n) is 6.46. The fourth-order valence-corrected chi connectivity index (χ4v) is 4.59. The van der Waals surface area contributed by atoms with Gasteiger partial charge in [-0.05, 0) is 69.5 Å². The van der Waals surface area contributed by atoms with Gasteiger partial charge in [0.2, 0.25) is 0 Å². The first-order valence-corrected chi connectivity index (χ1v) is 10.7. The summed E-state index contributed by atoms with van der Waals surface area (Å²) in [4.78, 5) is 2.50. The predicted octanol–water partition coefficient (Wildman–Crippen LogP) is 5.74. The van der Waals surface area contributed by atoms with Gasteiger partial charge in [-0.2, -0.15) is 5.10 Å². The number of aromatic nitrogens is 2. The molecule has 33 heavy (non-hydrogen) atoms. The van der Waals surface area contributed by atoms with Gasteiger partial charge in [0.15, 0.2) is 0 Å². The number of hydrogen-bond acceptors (Lipinski definition) is 4. The Bertz CT molecular complexity index is 1030. The molecule has 8 heteroatoms. The highest BCUT2D eigenvalue weighted by Gasteiger charge is 2.30. The first-order valence-electron chi connectivity index (χ1n) is 10.7. The monoisotopic (exact) mass is 512 g/mol. The molecule has 5 nitrogen and oxygen atoms in total. The number of benzene rings is 2. The Morgan fingerprint density at radius 1 is 1.03 bits per heavy atom. The molecule has 0 unspecified atom stereocenters. The number of piperidine rings is 1. The van der Waals surface area contributed by atoms with Gasteiger partial charge in [0, 0.05) is 23.8 Å². The number of halogens is 3. The fraction of sp³-hybridized carbons (Fsp3) is 0.400. The van der Waals surface area contributed by atoms with Crippen molar-refractivity contribution in [2.24, 2.45) is 5.73 Å². The molecule has 182 valence electrons. The minimum Gasteiger partial charge on any atom is -0.496 e. The number of nitrogens with two attached hydrogens (primary N) is 1. The van der Waals surface area contributed by atoms with Crippen LogP contribution in [0, 0.1) is 20.8 Å². The zero-order chi connectivity index (χ0) is 21.3. The molecule has 2 aromatic carbocycles. The Morgan fingerprint density at radius 2 is 1.73 bits per heavy atom. The fourth-order valence-electron chi connectivity index (χ4n) is 4.59. The molecular formula is C25H35Cl3N4O. The van der Waals surface area contributed by atoms with Gasteiger partial charge in [-0.3, -0.25) is 4.90 Å². The van der Waals surface area contributed by atoms with E-state index in [4.69, 9.17) is 15.6 Å². The zero-order valence-electron chi connectivity index (χ0n) is 19.7. The highest BCUT2D eigenvalue weighted by molar-refractivity contribution is 5.86. The van der Waals surface area contributed by atoms with Gasteiger partial charge in [-0.1, -0.05) is 30.3 Å². The van der Waals surface area contributed by atoms with Gasteiger partial charge in [0.25, 0.3) is 0 Å². The predicted molar refractivity (Wildman–Crippen MR) is 143 cm³/mol. The molecule has 1 aromatic heterocycles. The molecule has 1 fully saturated rings. The number of likely N-dealkylation sites (tertiary alicyclic amines) is 1. The Labute approximate surface area is 215 Å². The molecule has 3 aromatic rings. The van der Waals surface area contributed by atoms with Crippen LogP contribution in [0.5, 0.6) is 5.75 Å². The summed E-state index contributed by atoms with van der Waals surface area (Å²) in [5.74, 6) is 0.906. The number of methoxy groups -OCH3 is 1. The van der Waals surface area contributed by atoms with E-state index in [0.717, 1.165) is 48.6 Å². The number of rotatable bonds is 5. The van der Waals surface area contributed by atoms with E-state index in [1.54, 1.807) is 7.11 Å². The van der Waals surface area contributed by atoms with Gasteiger partial charge in [0.05, 0.1) is 24.5 Å². The van der Waals surface area contributed by atoms with E-state index >= 15 is 0 Å². The van der Waals surface area contributed by atoms with Gasteiger partial charge < -0.3 is 10.5 Å². The second-order valence-electron chi connectivity index (χ2n) is 8.34. The van der Waals surface area contributed by atoms with Crippen LogP contribution in [-0.4, -0.2) is 34.4 Å². The highest BCUT2D eigenvalue weighted by Crippen LogP contribution is 2.34. The number of hydrogen-bond donors (Lipinski definition) is 1. The Hall–Kier alpha value is -1.76. The van der Waals surface area contributed by atoms with E-state index in [0.29, 0.717) is 0 Å². The maximum atomic E-state index is 6.60. The molecule has 2 atom stereocenters. The standard InChI is InChI=1S/C25H32N4O.3ClH/c1-17-18(2)27-29(19(17)3)22-12-13-24(30-4)21(15-22)16-28-14-8-11-23(26)25(28)20-9-6-5-7-10-20;;;/h5-7,9-10,12-13,15,23,25H,8,11,14,16,26H2,1-4H3;3*1H/t23-,25-;;;/m0.../s1. The summed E-state index contributed by atoms with van der Waals surface area (Å²) in [5.41, 5.74) is 13.6. The summed E-state index contributed by atoms with van der Waals surface area (Å²) in [6.07, 6.45) is 2.17. The summed E-state index contributed by atoms with van der Waals surface area (Å²) in [7, 11) is 1.74. The first kappa shape index (κ1) is 29.3. The highest BCUT2D eigenvalue weighted by atomic mass is 35.5. The van der Waals surface area contributed by atoms with Crippen LogP contribution < -0.4 is 10.5 Å². The zero-order valence-corrected chi connectivity index (χ0v) is 22.1. The summed E-state index contributed by atoms with van der Waals surface area (Å²) in [5, 5.41) is 4.74. The average molecular weight is 514 g/mol. The second kappa shape index (κ2) is 12.6. The van der Waals surface area contributed by atoms with Gasteiger partial charge >= 0.3 is 0 Å². The lowest BCUT2D eigenvalue weighted by Crippen LogP contribution is -2.45. The molecule has 0 bridgehead atoms. The molecule has 0 aliphatic carbocycles. The Balaban J connectivity index is 0.00000181.